The van der Waals surface area contributed by atoms with Crippen molar-refractivity contribution in [3.05, 3.63) is 71.6 Å². The molecule has 1 aliphatic rings. The van der Waals surface area contributed by atoms with E-state index in [4.69, 9.17) is 9.47 Å². The standard InChI is InChI=1S/C24H27FN4O3/c1-31-22-7-5-17(10-19(22)14-29-16-26-15-27-29)12-28-9-3-4-18(13-28)24(30)21-11-20(25)6-8-23(21)32-2/h5-8,10-11,15-16,18H,3-4,9,12-14H2,1-2H3. The van der Waals surface area contributed by atoms with Crippen LogP contribution in [0, 0.1) is 11.7 Å². The summed E-state index contributed by atoms with van der Waals surface area (Å²) in [5, 5.41) is 4.18. The van der Waals surface area contributed by atoms with Gasteiger partial charge in [-0.15, -0.1) is 0 Å². The molecule has 2 heterocycles. The third-order valence-corrected chi connectivity index (χ3v) is 5.85. The highest BCUT2D eigenvalue weighted by Crippen LogP contribution is 2.28. The Labute approximate surface area is 186 Å². The molecule has 1 unspecified atom stereocenters. The van der Waals surface area contributed by atoms with E-state index in [1.807, 2.05) is 12.1 Å². The lowest BCUT2D eigenvalue weighted by Gasteiger charge is -2.32. The molecule has 3 aromatic rings. The summed E-state index contributed by atoms with van der Waals surface area (Å²) in [5.74, 6) is 0.538. The number of rotatable bonds is 8. The summed E-state index contributed by atoms with van der Waals surface area (Å²) in [6.45, 7) is 2.83. The van der Waals surface area contributed by atoms with Crippen molar-refractivity contribution in [2.45, 2.75) is 25.9 Å². The Morgan fingerprint density at radius 3 is 2.69 bits per heavy atom. The first-order valence-electron chi connectivity index (χ1n) is 10.7. The summed E-state index contributed by atoms with van der Waals surface area (Å²) in [4.78, 5) is 19.4. The van der Waals surface area contributed by atoms with Gasteiger partial charge >= 0.3 is 0 Å². The third kappa shape index (κ3) is 4.96. The molecular weight excluding hydrogens is 411 g/mol. The number of hydrogen-bond acceptors (Lipinski definition) is 6. The van der Waals surface area contributed by atoms with Gasteiger partial charge in [-0.05, 0) is 55.3 Å². The minimum atomic E-state index is -0.431. The van der Waals surface area contributed by atoms with Gasteiger partial charge in [0.1, 0.15) is 30.0 Å². The SMILES string of the molecule is COc1ccc(CN2CCCC(C(=O)c3cc(F)ccc3OC)C2)cc1Cn1cncn1. The van der Waals surface area contributed by atoms with E-state index in [1.54, 1.807) is 18.1 Å². The lowest BCUT2D eigenvalue weighted by Crippen LogP contribution is -2.38. The second-order valence-corrected chi connectivity index (χ2v) is 8.02. The van der Waals surface area contributed by atoms with Crippen LogP contribution in [0.25, 0.3) is 0 Å². The molecule has 0 saturated carbocycles. The fourth-order valence-electron chi connectivity index (χ4n) is 4.31. The first-order valence-corrected chi connectivity index (χ1v) is 10.7. The van der Waals surface area contributed by atoms with E-state index in [2.05, 4.69) is 21.0 Å². The second kappa shape index (κ2) is 9.91. The van der Waals surface area contributed by atoms with Gasteiger partial charge in [-0.1, -0.05) is 6.07 Å². The highest BCUT2D eigenvalue weighted by Gasteiger charge is 2.28. The van der Waals surface area contributed by atoms with Crippen molar-refractivity contribution in [1.29, 1.82) is 0 Å². The number of hydrogen-bond donors (Lipinski definition) is 0. The van der Waals surface area contributed by atoms with Gasteiger partial charge in [-0.3, -0.25) is 9.69 Å². The number of nitrogens with zero attached hydrogens (tertiary/aromatic N) is 4. The molecule has 0 bridgehead atoms. The Morgan fingerprint density at radius 2 is 1.94 bits per heavy atom. The lowest BCUT2D eigenvalue weighted by atomic mass is 9.89. The van der Waals surface area contributed by atoms with Crippen LogP contribution in [0.4, 0.5) is 4.39 Å². The molecule has 0 amide bonds. The van der Waals surface area contributed by atoms with Crippen molar-refractivity contribution in [3.8, 4) is 11.5 Å². The minimum Gasteiger partial charge on any atom is -0.496 e. The van der Waals surface area contributed by atoms with Crippen LogP contribution in [0.3, 0.4) is 0 Å². The van der Waals surface area contributed by atoms with Crippen molar-refractivity contribution in [2.24, 2.45) is 5.92 Å². The zero-order valence-electron chi connectivity index (χ0n) is 18.3. The van der Waals surface area contributed by atoms with E-state index < -0.39 is 5.82 Å². The molecule has 0 N–H and O–H groups in total. The molecule has 1 saturated heterocycles. The smallest absolute Gasteiger partial charge is 0.171 e. The molecule has 8 heteroatoms. The summed E-state index contributed by atoms with van der Waals surface area (Å²) >= 11 is 0. The third-order valence-electron chi connectivity index (χ3n) is 5.85. The summed E-state index contributed by atoms with van der Waals surface area (Å²) < 4.78 is 26.3. The molecule has 1 fully saturated rings. The largest absolute Gasteiger partial charge is 0.496 e. The molecule has 168 valence electrons. The van der Waals surface area contributed by atoms with E-state index in [-0.39, 0.29) is 11.7 Å². The summed E-state index contributed by atoms with van der Waals surface area (Å²) in [6.07, 6.45) is 4.88. The average Bonchev–Trinajstić information content (AvgIpc) is 3.32. The van der Waals surface area contributed by atoms with Crippen LogP contribution >= 0.6 is 0 Å². The maximum atomic E-state index is 13.8. The van der Waals surface area contributed by atoms with Gasteiger partial charge in [0.25, 0.3) is 0 Å². The number of Topliss-reactive ketones (excluding diaryl/α,β-unsaturated/α-hetero) is 1. The summed E-state index contributed by atoms with van der Waals surface area (Å²) in [6, 6.07) is 10.2. The Morgan fingerprint density at radius 1 is 1.12 bits per heavy atom. The highest BCUT2D eigenvalue weighted by atomic mass is 19.1. The molecule has 7 nitrogen and oxygen atoms in total. The van der Waals surface area contributed by atoms with Crippen LogP contribution in [0.2, 0.25) is 0 Å². The molecule has 0 aliphatic carbocycles. The Hall–Kier alpha value is -3.26. The van der Waals surface area contributed by atoms with Crippen LogP contribution in [-0.2, 0) is 13.1 Å². The quantitative estimate of drug-likeness (QED) is 0.501. The Kier molecular flexibility index (Phi) is 6.80. The number of carbonyl (C=O) groups excluding carboxylic acids is 1. The number of benzene rings is 2. The van der Waals surface area contributed by atoms with Gasteiger partial charge in [0.15, 0.2) is 5.78 Å². The number of piperidine rings is 1. The molecule has 32 heavy (non-hydrogen) atoms. The monoisotopic (exact) mass is 438 g/mol. The zero-order chi connectivity index (χ0) is 22.5. The molecule has 4 rings (SSSR count). The average molecular weight is 439 g/mol. The molecule has 1 atom stereocenters. The number of ether oxygens (including phenoxy) is 2. The van der Waals surface area contributed by atoms with Crippen LogP contribution in [-0.4, -0.2) is 52.8 Å². The number of methoxy groups -OCH3 is 2. The molecule has 0 radical (unpaired) electrons. The Bertz CT molecular complexity index is 1070. The van der Waals surface area contributed by atoms with Gasteiger partial charge in [0.2, 0.25) is 0 Å². The van der Waals surface area contributed by atoms with Crippen molar-refractivity contribution in [2.75, 3.05) is 27.3 Å². The van der Waals surface area contributed by atoms with E-state index in [0.29, 0.717) is 24.4 Å². The summed E-state index contributed by atoms with van der Waals surface area (Å²) in [5.41, 5.74) is 2.47. The predicted octanol–water partition coefficient (Wildman–Crippen LogP) is 3.58. The predicted molar refractivity (Wildman–Crippen MR) is 117 cm³/mol. The van der Waals surface area contributed by atoms with Crippen molar-refractivity contribution in [3.63, 3.8) is 0 Å². The summed E-state index contributed by atoms with van der Waals surface area (Å²) in [7, 11) is 3.15. The van der Waals surface area contributed by atoms with E-state index in [1.165, 1.54) is 31.6 Å². The van der Waals surface area contributed by atoms with Crippen molar-refractivity contribution < 1.29 is 18.7 Å². The van der Waals surface area contributed by atoms with Crippen LogP contribution in [0.15, 0.2) is 49.1 Å². The van der Waals surface area contributed by atoms with Gasteiger partial charge in [0, 0.05) is 24.6 Å². The van der Waals surface area contributed by atoms with Gasteiger partial charge in [0.05, 0.1) is 26.3 Å². The molecule has 1 aromatic heterocycles. The lowest BCUT2D eigenvalue weighted by molar-refractivity contribution is 0.0808. The minimum absolute atomic E-state index is 0.0624. The first kappa shape index (κ1) is 22.0. The highest BCUT2D eigenvalue weighted by molar-refractivity contribution is 6.00. The molecular formula is C24H27FN4O3. The second-order valence-electron chi connectivity index (χ2n) is 8.02. The maximum absolute atomic E-state index is 13.8. The van der Waals surface area contributed by atoms with Gasteiger partial charge in [-0.2, -0.15) is 5.10 Å². The maximum Gasteiger partial charge on any atom is 0.171 e. The van der Waals surface area contributed by atoms with Gasteiger partial charge in [-0.25, -0.2) is 14.1 Å². The van der Waals surface area contributed by atoms with E-state index in [9.17, 15) is 9.18 Å². The van der Waals surface area contributed by atoms with Crippen LogP contribution in [0.5, 0.6) is 11.5 Å². The zero-order valence-corrected chi connectivity index (χ0v) is 18.3. The van der Waals surface area contributed by atoms with E-state index in [0.717, 1.165) is 42.8 Å². The topological polar surface area (TPSA) is 69.5 Å². The van der Waals surface area contributed by atoms with Crippen molar-refractivity contribution in [1.82, 2.24) is 19.7 Å². The van der Waals surface area contributed by atoms with E-state index >= 15 is 0 Å². The number of carbonyl (C=O) groups is 1. The number of halogens is 1. The fourth-order valence-corrected chi connectivity index (χ4v) is 4.31. The normalized spacial score (nSPS) is 16.7. The van der Waals surface area contributed by atoms with Gasteiger partial charge < -0.3 is 9.47 Å². The van der Waals surface area contributed by atoms with Crippen molar-refractivity contribution >= 4 is 5.78 Å². The number of likely N-dealkylation sites (tertiary alicyclic amines) is 1. The molecule has 2 aromatic carbocycles. The first-order chi connectivity index (χ1) is 15.6. The molecule has 1 aliphatic heterocycles. The number of aromatic nitrogens is 3. The fraction of sp³-hybridized carbons (Fsp3) is 0.375. The van der Waals surface area contributed by atoms with Crippen LogP contribution < -0.4 is 9.47 Å². The Balaban J connectivity index is 1.47. The number of ketones is 1. The van der Waals surface area contributed by atoms with Crippen LogP contribution in [0.1, 0.15) is 34.3 Å². The molecule has 0 spiro atoms.